The fraction of sp³-hybridized carbons (Fsp3) is 0.154. The minimum Gasteiger partial charge on any atom is -0.360 e. The summed E-state index contributed by atoms with van der Waals surface area (Å²) in [6, 6.07) is 6.69. The van der Waals surface area contributed by atoms with E-state index in [1.807, 2.05) is 0 Å². The first-order chi connectivity index (χ1) is 9.06. The Balaban J connectivity index is 2.38. The summed E-state index contributed by atoms with van der Waals surface area (Å²) in [6.07, 6.45) is 0. The van der Waals surface area contributed by atoms with Crippen LogP contribution in [0.2, 0.25) is 5.02 Å². The number of nitrogens with zero attached hydrogens (tertiary/aromatic N) is 3. The number of aryl methyl sites for hydroxylation is 2. The van der Waals surface area contributed by atoms with Crippen molar-refractivity contribution in [2.75, 3.05) is 0 Å². The molecular weight excluding hydrogens is 266 g/mol. The van der Waals surface area contributed by atoms with Crippen molar-refractivity contribution in [3.8, 4) is 5.82 Å². The van der Waals surface area contributed by atoms with Gasteiger partial charge in [-0.25, -0.2) is 9.55 Å². The lowest BCUT2D eigenvalue weighted by atomic mass is 10.2. The lowest BCUT2D eigenvalue weighted by Crippen LogP contribution is -2.22. The van der Waals surface area contributed by atoms with Gasteiger partial charge in [-0.15, -0.1) is 0 Å². The number of halogens is 1. The molecule has 0 unspecified atom stereocenters. The summed E-state index contributed by atoms with van der Waals surface area (Å²) in [5.74, 6) is 1.61. The van der Waals surface area contributed by atoms with Crippen LogP contribution in [0.5, 0.6) is 0 Å². The van der Waals surface area contributed by atoms with Crippen molar-refractivity contribution in [3.63, 3.8) is 0 Å². The second kappa shape index (κ2) is 4.20. The highest BCUT2D eigenvalue weighted by Crippen LogP contribution is 2.17. The Labute approximate surface area is 113 Å². The molecule has 0 saturated heterocycles. The average molecular weight is 276 g/mol. The van der Waals surface area contributed by atoms with E-state index in [2.05, 4.69) is 10.1 Å². The molecule has 2 heterocycles. The number of hydrogen-bond acceptors (Lipinski definition) is 4. The van der Waals surface area contributed by atoms with Crippen LogP contribution in [0.25, 0.3) is 16.7 Å². The molecular formula is C13H10ClN3O2. The van der Waals surface area contributed by atoms with Gasteiger partial charge in [-0.05, 0) is 32.0 Å². The lowest BCUT2D eigenvalue weighted by Gasteiger charge is -2.07. The van der Waals surface area contributed by atoms with E-state index in [0.29, 0.717) is 33.3 Å². The normalized spacial score (nSPS) is 11.1. The second-order valence-electron chi connectivity index (χ2n) is 4.26. The second-order valence-corrected chi connectivity index (χ2v) is 4.69. The molecule has 0 aliphatic rings. The number of hydrogen-bond donors (Lipinski definition) is 0. The van der Waals surface area contributed by atoms with Crippen molar-refractivity contribution < 1.29 is 4.52 Å². The predicted octanol–water partition coefficient (Wildman–Crippen LogP) is 2.64. The van der Waals surface area contributed by atoms with Gasteiger partial charge in [0, 0.05) is 11.1 Å². The van der Waals surface area contributed by atoms with Gasteiger partial charge in [-0.1, -0.05) is 16.8 Å². The maximum absolute atomic E-state index is 12.5. The predicted molar refractivity (Wildman–Crippen MR) is 71.9 cm³/mol. The summed E-state index contributed by atoms with van der Waals surface area (Å²) < 4.78 is 6.42. The number of fused-ring (bicyclic) bond motifs is 1. The highest BCUT2D eigenvalue weighted by atomic mass is 35.5. The number of benzene rings is 1. The van der Waals surface area contributed by atoms with Gasteiger partial charge in [0.2, 0.25) is 0 Å². The molecule has 3 aromatic rings. The highest BCUT2D eigenvalue weighted by molar-refractivity contribution is 6.31. The molecule has 6 heteroatoms. The van der Waals surface area contributed by atoms with Crippen LogP contribution < -0.4 is 5.56 Å². The zero-order valence-corrected chi connectivity index (χ0v) is 11.1. The molecule has 19 heavy (non-hydrogen) atoms. The SMILES string of the molecule is Cc1cc(-n2c(C)nc3cc(Cl)ccc3c2=O)no1. The summed E-state index contributed by atoms with van der Waals surface area (Å²) in [6.45, 7) is 3.51. The summed E-state index contributed by atoms with van der Waals surface area (Å²) in [4.78, 5) is 16.8. The maximum Gasteiger partial charge on any atom is 0.267 e. The van der Waals surface area contributed by atoms with Crippen LogP contribution in [0.3, 0.4) is 0 Å². The third kappa shape index (κ3) is 1.92. The van der Waals surface area contributed by atoms with Crippen LogP contribution in [-0.2, 0) is 0 Å². The minimum absolute atomic E-state index is 0.188. The van der Waals surface area contributed by atoms with Gasteiger partial charge in [0.05, 0.1) is 10.9 Å². The zero-order chi connectivity index (χ0) is 13.6. The molecule has 0 fully saturated rings. The van der Waals surface area contributed by atoms with Crippen molar-refractivity contribution in [2.45, 2.75) is 13.8 Å². The molecule has 1 aromatic carbocycles. The van der Waals surface area contributed by atoms with Gasteiger partial charge in [0.25, 0.3) is 5.56 Å². The fourth-order valence-corrected chi connectivity index (χ4v) is 2.16. The fourth-order valence-electron chi connectivity index (χ4n) is 2.00. The first kappa shape index (κ1) is 11.9. The summed E-state index contributed by atoms with van der Waals surface area (Å²) in [7, 11) is 0. The first-order valence-corrected chi connectivity index (χ1v) is 6.06. The highest BCUT2D eigenvalue weighted by Gasteiger charge is 2.12. The smallest absolute Gasteiger partial charge is 0.267 e. The molecule has 0 N–H and O–H groups in total. The van der Waals surface area contributed by atoms with Gasteiger partial charge < -0.3 is 4.52 Å². The van der Waals surface area contributed by atoms with Crippen LogP contribution in [0.15, 0.2) is 33.6 Å². The molecule has 0 aliphatic carbocycles. The molecule has 96 valence electrons. The summed E-state index contributed by atoms with van der Waals surface area (Å²) >= 11 is 5.91. The standard InChI is InChI=1S/C13H10ClN3O2/c1-7-5-12(16-19-7)17-8(2)15-11-6-9(14)3-4-10(11)13(17)18/h3-6H,1-2H3. The number of aromatic nitrogens is 3. The summed E-state index contributed by atoms with van der Waals surface area (Å²) in [5, 5.41) is 4.90. The first-order valence-electron chi connectivity index (χ1n) is 5.69. The van der Waals surface area contributed by atoms with Crippen LogP contribution >= 0.6 is 11.6 Å². The van der Waals surface area contributed by atoms with Crippen LogP contribution in [-0.4, -0.2) is 14.7 Å². The largest absolute Gasteiger partial charge is 0.360 e. The van der Waals surface area contributed by atoms with Crippen LogP contribution in [0, 0.1) is 13.8 Å². The van der Waals surface area contributed by atoms with Gasteiger partial charge in [0.1, 0.15) is 11.6 Å². The van der Waals surface area contributed by atoms with E-state index in [9.17, 15) is 4.79 Å². The van der Waals surface area contributed by atoms with Crippen molar-refractivity contribution in [3.05, 3.63) is 51.2 Å². The van der Waals surface area contributed by atoms with Crippen molar-refractivity contribution >= 4 is 22.5 Å². The molecule has 0 spiro atoms. The van der Waals surface area contributed by atoms with Crippen molar-refractivity contribution in [1.29, 1.82) is 0 Å². The monoisotopic (exact) mass is 275 g/mol. The van der Waals surface area contributed by atoms with Crippen molar-refractivity contribution in [1.82, 2.24) is 14.7 Å². The van der Waals surface area contributed by atoms with Crippen LogP contribution in [0.1, 0.15) is 11.6 Å². The van der Waals surface area contributed by atoms with E-state index < -0.39 is 0 Å². The van der Waals surface area contributed by atoms with E-state index in [-0.39, 0.29) is 5.56 Å². The van der Waals surface area contributed by atoms with Gasteiger partial charge in [-0.3, -0.25) is 4.79 Å². The Hall–Kier alpha value is -2.14. The van der Waals surface area contributed by atoms with E-state index >= 15 is 0 Å². The third-order valence-corrected chi connectivity index (χ3v) is 3.08. The molecule has 0 atom stereocenters. The number of rotatable bonds is 1. The molecule has 0 amide bonds. The lowest BCUT2D eigenvalue weighted by molar-refractivity contribution is 0.394. The molecule has 2 aromatic heterocycles. The average Bonchev–Trinajstić information content (AvgIpc) is 2.75. The molecule has 0 saturated carbocycles. The topological polar surface area (TPSA) is 60.9 Å². The molecule has 0 aliphatic heterocycles. The minimum atomic E-state index is -0.188. The molecule has 5 nitrogen and oxygen atoms in total. The molecule has 0 bridgehead atoms. The Morgan fingerprint density at radius 3 is 2.74 bits per heavy atom. The van der Waals surface area contributed by atoms with E-state index in [0.717, 1.165) is 0 Å². The zero-order valence-electron chi connectivity index (χ0n) is 10.3. The van der Waals surface area contributed by atoms with E-state index in [4.69, 9.17) is 16.1 Å². The van der Waals surface area contributed by atoms with E-state index in [1.54, 1.807) is 38.1 Å². The Morgan fingerprint density at radius 2 is 2.05 bits per heavy atom. The van der Waals surface area contributed by atoms with Gasteiger partial charge in [-0.2, -0.15) is 0 Å². The van der Waals surface area contributed by atoms with Crippen molar-refractivity contribution in [2.24, 2.45) is 0 Å². The Bertz CT molecular complexity index is 836. The molecule has 0 radical (unpaired) electrons. The Kier molecular flexibility index (Phi) is 2.64. The third-order valence-electron chi connectivity index (χ3n) is 2.84. The van der Waals surface area contributed by atoms with E-state index in [1.165, 1.54) is 4.57 Å². The molecule has 3 rings (SSSR count). The summed E-state index contributed by atoms with van der Waals surface area (Å²) in [5.41, 5.74) is 0.388. The van der Waals surface area contributed by atoms with Crippen LogP contribution in [0.4, 0.5) is 0 Å². The quantitative estimate of drug-likeness (QED) is 0.685. The Morgan fingerprint density at radius 1 is 1.26 bits per heavy atom. The van der Waals surface area contributed by atoms with Gasteiger partial charge in [0.15, 0.2) is 5.82 Å². The maximum atomic E-state index is 12.5. The van der Waals surface area contributed by atoms with Gasteiger partial charge >= 0.3 is 0 Å².